The van der Waals surface area contributed by atoms with E-state index >= 15 is 0 Å². The van der Waals surface area contributed by atoms with Crippen LogP contribution in [0.1, 0.15) is 25.3 Å². The third-order valence-electron chi connectivity index (χ3n) is 3.32. The van der Waals surface area contributed by atoms with Crippen molar-refractivity contribution < 1.29 is 18.3 Å². The maximum absolute atomic E-state index is 12.2. The quantitative estimate of drug-likeness (QED) is 0.828. The van der Waals surface area contributed by atoms with Crippen molar-refractivity contribution in [2.45, 2.75) is 32.4 Å². The van der Waals surface area contributed by atoms with Crippen molar-refractivity contribution in [3.8, 4) is 5.75 Å². The number of ether oxygens (including phenoxy) is 1. The molecule has 2 amide bonds. The maximum atomic E-state index is 12.2. The lowest BCUT2D eigenvalue weighted by Crippen LogP contribution is -2.45. The van der Waals surface area contributed by atoms with Crippen LogP contribution in [-0.2, 0) is 5.54 Å². The highest BCUT2D eigenvalue weighted by Gasteiger charge is 2.29. The number of hydrogen-bond acceptors (Lipinski definition) is 4. The van der Waals surface area contributed by atoms with Crippen LogP contribution in [0, 0.1) is 0 Å². The van der Waals surface area contributed by atoms with Crippen molar-refractivity contribution in [3.05, 3.63) is 40.8 Å². The predicted octanol–water partition coefficient (Wildman–Crippen LogP) is 4.19. The van der Waals surface area contributed by atoms with E-state index in [2.05, 4.69) is 20.4 Å². The fourth-order valence-electron chi connectivity index (χ4n) is 1.95. The zero-order valence-corrected chi connectivity index (χ0v) is 13.5. The molecule has 8 heteroatoms. The number of carbonyl (C=O) groups excluding carboxylic acids is 1. The Morgan fingerprint density at radius 2 is 2.26 bits per heavy atom. The van der Waals surface area contributed by atoms with Gasteiger partial charge >= 0.3 is 12.6 Å². The first-order chi connectivity index (χ1) is 10.9. The van der Waals surface area contributed by atoms with E-state index in [-0.39, 0.29) is 5.75 Å². The average molecular weight is 341 g/mol. The summed E-state index contributed by atoms with van der Waals surface area (Å²) in [6.45, 7) is 0.910. The number of thiazole rings is 1. The summed E-state index contributed by atoms with van der Waals surface area (Å²) >= 11 is 1.46. The molecule has 1 aromatic carbocycles. The molecule has 0 saturated carbocycles. The molecule has 0 saturated heterocycles. The van der Waals surface area contributed by atoms with Crippen LogP contribution in [0.3, 0.4) is 0 Å². The lowest BCUT2D eigenvalue weighted by atomic mass is 10.0. The number of anilines is 1. The molecule has 0 radical (unpaired) electrons. The van der Waals surface area contributed by atoms with Gasteiger partial charge in [-0.2, -0.15) is 8.78 Å². The first-order valence-electron chi connectivity index (χ1n) is 6.97. The van der Waals surface area contributed by atoms with Gasteiger partial charge in [0.2, 0.25) is 0 Å². The molecule has 2 aromatic rings. The minimum Gasteiger partial charge on any atom is -0.435 e. The molecule has 0 spiro atoms. The molecule has 2 N–H and O–H groups in total. The highest BCUT2D eigenvalue weighted by molar-refractivity contribution is 7.09. The van der Waals surface area contributed by atoms with Gasteiger partial charge in [-0.05, 0) is 25.5 Å². The van der Waals surface area contributed by atoms with Gasteiger partial charge in [0.05, 0.1) is 5.54 Å². The summed E-state index contributed by atoms with van der Waals surface area (Å²) in [6, 6.07) is 5.38. The highest BCUT2D eigenvalue weighted by Crippen LogP contribution is 2.26. The molecule has 5 nitrogen and oxygen atoms in total. The lowest BCUT2D eigenvalue weighted by Gasteiger charge is -2.27. The van der Waals surface area contributed by atoms with Crippen molar-refractivity contribution in [3.63, 3.8) is 0 Å². The number of aromatic nitrogens is 1. The van der Waals surface area contributed by atoms with Crippen molar-refractivity contribution in [1.29, 1.82) is 0 Å². The van der Waals surface area contributed by atoms with Gasteiger partial charge in [-0.3, -0.25) is 0 Å². The number of amides is 2. The summed E-state index contributed by atoms with van der Waals surface area (Å²) in [6.07, 6.45) is 2.33. The second kappa shape index (κ2) is 7.36. The number of benzene rings is 1. The number of alkyl halides is 2. The van der Waals surface area contributed by atoms with Gasteiger partial charge in [0, 0.05) is 23.3 Å². The Labute approximate surface area is 136 Å². The van der Waals surface area contributed by atoms with Gasteiger partial charge < -0.3 is 15.4 Å². The second-order valence-corrected chi connectivity index (χ2v) is 5.90. The van der Waals surface area contributed by atoms with E-state index in [0.717, 1.165) is 5.01 Å². The molecule has 2 rings (SSSR count). The van der Waals surface area contributed by atoms with E-state index < -0.39 is 18.2 Å². The zero-order valence-electron chi connectivity index (χ0n) is 12.7. The Morgan fingerprint density at radius 3 is 2.87 bits per heavy atom. The molecule has 0 unspecified atom stereocenters. The van der Waals surface area contributed by atoms with Crippen LogP contribution in [0.15, 0.2) is 35.8 Å². The zero-order chi connectivity index (χ0) is 16.9. The molecule has 0 aliphatic carbocycles. The van der Waals surface area contributed by atoms with E-state index in [4.69, 9.17) is 0 Å². The van der Waals surface area contributed by atoms with Crippen molar-refractivity contribution in [2.75, 3.05) is 5.32 Å². The SMILES string of the molecule is CC[C@@](C)(NC(=O)Nc1cccc(OC(F)F)c1)c1nccs1. The van der Waals surface area contributed by atoms with Crippen LogP contribution < -0.4 is 15.4 Å². The van der Waals surface area contributed by atoms with Crippen LogP contribution in [0.5, 0.6) is 5.75 Å². The van der Waals surface area contributed by atoms with Crippen LogP contribution in [0.2, 0.25) is 0 Å². The maximum Gasteiger partial charge on any atom is 0.387 e. The fourth-order valence-corrected chi connectivity index (χ4v) is 2.78. The molecular formula is C15H17F2N3O2S. The van der Waals surface area contributed by atoms with E-state index in [0.29, 0.717) is 12.1 Å². The number of carbonyl (C=O) groups is 1. The molecule has 0 bridgehead atoms. The number of hydrogen-bond donors (Lipinski definition) is 2. The van der Waals surface area contributed by atoms with Gasteiger partial charge in [-0.15, -0.1) is 11.3 Å². The first-order valence-corrected chi connectivity index (χ1v) is 7.85. The minimum absolute atomic E-state index is 0.0176. The topological polar surface area (TPSA) is 63.2 Å². The number of rotatable bonds is 6. The van der Waals surface area contributed by atoms with Crippen LogP contribution >= 0.6 is 11.3 Å². The largest absolute Gasteiger partial charge is 0.435 e. The first kappa shape index (κ1) is 17.1. The molecule has 1 aromatic heterocycles. The average Bonchev–Trinajstić information content (AvgIpc) is 3.01. The Kier molecular flexibility index (Phi) is 5.49. The summed E-state index contributed by atoms with van der Waals surface area (Å²) in [7, 11) is 0. The van der Waals surface area contributed by atoms with Gasteiger partial charge in [0.1, 0.15) is 10.8 Å². The second-order valence-electron chi connectivity index (χ2n) is 5.01. The molecular weight excluding hydrogens is 324 g/mol. The smallest absolute Gasteiger partial charge is 0.387 e. The van der Waals surface area contributed by atoms with Crippen LogP contribution in [-0.4, -0.2) is 17.6 Å². The highest BCUT2D eigenvalue weighted by atomic mass is 32.1. The van der Waals surface area contributed by atoms with Crippen LogP contribution in [0.4, 0.5) is 19.3 Å². The lowest BCUT2D eigenvalue weighted by molar-refractivity contribution is -0.0497. The Bertz CT molecular complexity index is 652. The Balaban J connectivity index is 2.04. The summed E-state index contributed by atoms with van der Waals surface area (Å²) in [5, 5.41) is 8.11. The molecule has 0 fully saturated rings. The van der Waals surface area contributed by atoms with Crippen molar-refractivity contribution >= 4 is 23.1 Å². The number of nitrogens with zero attached hydrogens (tertiary/aromatic N) is 1. The van der Waals surface area contributed by atoms with E-state index in [9.17, 15) is 13.6 Å². The monoisotopic (exact) mass is 341 g/mol. The van der Waals surface area contributed by atoms with Gasteiger partial charge in [-0.25, -0.2) is 9.78 Å². The summed E-state index contributed by atoms with van der Waals surface area (Å²) in [4.78, 5) is 16.4. The molecule has 0 aliphatic heterocycles. The number of urea groups is 1. The van der Waals surface area contributed by atoms with Crippen molar-refractivity contribution in [1.82, 2.24) is 10.3 Å². The van der Waals surface area contributed by atoms with Crippen molar-refractivity contribution in [2.24, 2.45) is 0 Å². The van der Waals surface area contributed by atoms with E-state index in [1.807, 2.05) is 19.2 Å². The molecule has 0 aliphatic rings. The predicted molar refractivity (Wildman–Crippen MR) is 85.0 cm³/mol. The van der Waals surface area contributed by atoms with Gasteiger partial charge in [-0.1, -0.05) is 13.0 Å². The summed E-state index contributed by atoms with van der Waals surface area (Å²) in [5.74, 6) is -0.0176. The number of halogens is 2. The van der Waals surface area contributed by atoms with E-state index in [1.54, 1.807) is 12.3 Å². The number of nitrogens with one attached hydrogen (secondary N) is 2. The summed E-state index contributed by atoms with van der Waals surface area (Å²) < 4.78 is 28.7. The third kappa shape index (κ3) is 4.62. The molecule has 124 valence electrons. The standard InChI is InChI=1S/C15H17F2N3O2S/c1-3-15(2,12-18-7-8-23-12)20-14(21)19-10-5-4-6-11(9-10)22-13(16)17/h4-9,13H,3H2,1-2H3,(H2,19,20,21)/t15-/m1/s1. The normalized spacial score (nSPS) is 13.4. The van der Waals surface area contributed by atoms with Crippen LogP contribution in [0.25, 0.3) is 0 Å². The third-order valence-corrected chi connectivity index (χ3v) is 4.35. The minimum atomic E-state index is -2.91. The van der Waals surface area contributed by atoms with Gasteiger partial charge in [0.15, 0.2) is 0 Å². The Hall–Kier alpha value is -2.22. The molecule has 1 heterocycles. The fraction of sp³-hybridized carbons (Fsp3) is 0.333. The Morgan fingerprint density at radius 1 is 1.48 bits per heavy atom. The molecule has 23 heavy (non-hydrogen) atoms. The van der Waals surface area contributed by atoms with Gasteiger partial charge in [0.25, 0.3) is 0 Å². The molecule has 1 atom stereocenters. The summed E-state index contributed by atoms with van der Waals surface area (Å²) in [5.41, 5.74) is -0.242. The van der Waals surface area contributed by atoms with E-state index in [1.165, 1.54) is 29.5 Å².